The van der Waals surface area contributed by atoms with E-state index < -0.39 is 11.6 Å². The number of fused-ring (bicyclic) bond motifs is 1. The molecule has 8 heteroatoms. The molecule has 0 unspecified atom stereocenters. The summed E-state index contributed by atoms with van der Waals surface area (Å²) in [7, 11) is 4.35. The van der Waals surface area contributed by atoms with Crippen LogP contribution in [0.4, 0.5) is 0 Å². The first-order valence-electron chi connectivity index (χ1n) is 8.17. The molecular weight excluding hydrogens is 432 g/mol. The molecule has 0 amide bonds. The Bertz CT molecular complexity index is 1090. The second-order valence-electron chi connectivity index (χ2n) is 5.69. The lowest BCUT2D eigenvalue weighted by atomic mass is 10.1. The fraction of sp³-hybridized carbons (Fsp3) is 0.200. The van der Waals surface area contributed by atoms with E-state index in [0.717, 1.165) is 4.47 Å². The van der Waals surface area contributed by atoms with E-state index in [2.05, 4.69) is 15.9 Å². The lowest BCUT2D eigenvalue weighted by Crippen LogP contribution is -2.10. The zero-order chi connectivity index (χ0) is 20.3. The molecule has 7 nitrogen and oxygen atoms in total. The van der Waals surface area contributed by atoms with Gasteiger partial charge in [0.05, 0.1) is 21.3 Å². The van der Waals surface area contributed by atoms with Crippen molar-refractivity contribution < 1.29 is 28.2 Å². The van der Waals surface area contributed by atoms with E-state index in [4.69, 9.17) is 23.4 Å². The zero-order valence-electron chi connectivity index (χ0n) is 15.4. The number of halogens is 1. The Kier molecular flexibility index (Phi) is 5.89. The number of hydrogen-bond acceptors (Lipinski definition) is 7. The van der Waals surface area contributed by atoms with Crippen LogP contribution in [0.2, 0.25) is 0 Å². The molecule has 0 bridgehead atoms. The maximum Gasteiger partial charge on any atom is 0.342 e. The highest BCUT2D eigenvalue weighted by Crippen LogP contribution is 2.40. The number of rotatable bonds is 6. The summed E-state index contributed by atoms with van der Waals surface area (Å²) in [6, 6.07) is 9.68. The summed E-state index contributed by atoms with van der Waals surface area (Å²) in [5.74, 6) is 0.285. The van der Waals surface area contributed by atoms with Crippen LogP contribution >= 0.6 is 15.9 Å². The van der Waals surface area contributed by atoms with Crippen LogP contribution in [0.5, 0.6) is 17.2 Å². The highest BCUT2D eigenvalue weighted by Gasteiger charge is 2.22. The molecule has 0 saturated carbocycles. The van der Waals surface area contributed by atoms with Gasteiger partial charge in [-0.25, -0.2) is 9.59 Å². The Morgan fingerprint density at radius 1 is 1.00 bits per heavy atom. The molecular formula is C20H17BrO7. The van der Waals surface area contributed by atoms with Crippen molar-refractivity contribution in [1.29, 1.82) is 0 Å². The molecule has 3 aromatic rings. The number of hydrogen-bond donors (Lipinski definition) is 0. The minimum absolute atomic E-state index is 0.111. The van der Waals surface area contributed by atoms with Crippen molar-refractivity contribution in [3.63, 3.8) is 0 Å². The molecule has 0 saturated heterocycles. The average Bonchev–Trinajstić information content (AvgIpc) is 2.69. The normalized spacial score (nSPS) is 10.6. The summed E-state index contributed by atoms with van der Waals surface area (Å²) in [4.78, 5) is 24.4. The number of carbonyl (C=O) groups is 1. The Morgan fingerprint density at radius 2 is 1.75 bits per heavy atom. The molecule has 0 N–H and O–H groups in total. The van der Waals surface area contributed by atoms with Crippen molar-refractivity contribution in [3.05, 3.63) is 62.4 Å². The van der Waals surface area contributed by atoms with Gasteiger partial charge in [0.2, 0.25) is 5.75 Å². The van der Waals surface area contributed by atoms with Crippen LogP contribution < -0.4 is 19.8 Å². The molecule has 146 valence electrons. The Labute approximate surface area is 168 Å². The topological polar surface area (TPSA) is 84.2 Å². The molecule has 3 rings (SSSR count). The molecule has 0 atom stereocenters. The van der Waals surface area contributed by atoms with Gasteiger partial charge in [-0.1, -0.05) is 15.9 Å². The fourth-order valence-electron chi connectivity index (χ4n) is 2.81. The van der Waals surface area contributed by atoms with Crippen molar-refractivity contribution in [2.24, 2.45) is 0 Å². The maximum atomic E-state index is 12.6. The molecule has 2 aromatic carbocycles. The summed E-state index contributed by atoms with van der Waals surface area (Å²) in [6.45, 7) is -0.111. The van der Waals surface area contributed by atoms with Gasteiger partial charge in [0.1, 0.15) is 17.8 Å². The molecule has 0 radical (unpaired) electrons. The smallest absolute Gasteiger partial charge is 0.342 e. The van der Waals surface area contributed by atoms with Crippen molar-refractivity contribution in [2.75, 3.05) is 21.3 Å². The lowest BCUT2D eigenvalue weighted by molar-refractivity contribution is 0.0469. The molecule has 0 spiro atoms. The quantitative estimate of drug-likeness (QED) is 0.417. The minimum Gasteiger partial charge on any atom is -0.493 e. The van der Waals surface area contributed by atoms with Gasteiger partial charge < -0.3 is 23.4 Å². The number of benzene rings is 2. The van der Waals surface area contributed by atoms with Gasteiger partial charge in [-0.2, -0.15) is 0 Å². The predicted molar refractivity (Wildman–Crippen MR) is 105 cm³/mol. The second kappa shape index (κ2) is 8.35. The Morgan fingerprint density at radius 3 is 2.43 bits per heavy atom. The standard InChI is InChI=1S/C20H17BrO7/c1-24-15-7-6-14(18(25-2)19(15)26-3)20(23)27-10-11-8-17(22)28-16-9-12(21)4-5-13(11)16/h4-9H,10H2,1-3H3. The van der Waals surface area contributed by atoms with E-state index >= 15 is 0 Å². The molecule has 0 aliphatic rings. The van der Waals surface area contributed by atoms with Crippen molar-refractivity contribution in [2.45, 2.75) is 6.61 Å². The van der Waals surface area contributed by atoms with E-state index in [9.17, 15) is 9.59 Å². The molecule has 28 heavy (non-hydrogen) atoms. The third kappa shape index (κ3) is 3.82. The van der Waals surface area contributed by atoms with Crippen LogP contribution in [0.1, 0.15) is 15.9 Å². The third-order valence-electron chi connectivity index (χ3n) is 4.08. The third-order valence-corrected chi connectivity index (χ3v) is 4.57. The predicted octanol–water partition coefficient (Wildman–Crippen LogP) is 3.94. The first-order chi connectivity index (χ1) is 13.5. The van der Waals surface area contributed by atoms with E-state index in [0.29, 0.717) is 22.3 Å². The highest BCUT2D eigenvalue weighted by atomic mass is 79.9. The average molecular weight is 449 g/mol. The second-order valence-corrected chi connectivity index (χ2v) is 6.60. The first-order valence-corrected chi connectivity index (χ1v) is 8.96. The fourth-order valence-corrected chi connectivity index (χ4v) is 3.15. The molecule has 1 aromatic heterocycles. The van der Waals surface area contributed by atoms with E-state index in [1.54, 1.807) is 18.2 Å². The summed E-state index contributed by atoms with van der Waals surface area (Å²) in [5.41, 5.74) is 0.582. The van der Waals surface area contributed by atoms with Gasteiger partial charge in [0, 0.05) is 21.5 Å². The molecule has 0 aliphatic carbocycles. The van der Waals surface area contributed by atoms with Crippen LogP contribution in [-0.4, -0.2) is 27.3 Å². The SMILES string of the molecule is COc1ccc(C(=O)OCc2cc(=O)oc3cc(Br)ccc23)c(OC)c1OC. The number of ether oxygens (including phenoxy) is 4. The highest BCUT2D eigenvalue weighted by molar-refractivity contribution is 9.10. The van der Waals surface area contributed by atoms with Crippen LogP contribution in [0.25, 0.3) is 11.0 Å². The van der Waals surface area contributed by atoms with Gasteiger partial charge in [-0.05, 0) is 30.3 Å². The van der Waals surface area contributed by atoms with E-state index in [1.807, 2.05) is 6.07 Å². The van der Waals surface area contributed by atoms with Crippen LogP contribution in [0.15, 0.2) is 50.1 Å². The number of methoxy groups -OCH3 is 3. The minimum atomic E-state index is -0.628. The first kappa shape index (κ1) is 19.8. The lowest BCUT2D eigenvalue weighted by Gasteiger charge is -2.15. The van der Waals surface area contributed by atoms with Crippen LogP contribution in [0, 0.1) is 0 Å². The van der Waals surface area contributed by atoms with E-state index in [1.165, 1.54) is 33.5 Å². The molecule has 0 aliphatic heterocycles. The van der Waals surface area contributed by atoms with Crippen LogP contribution in [0.3, 0.4) is 0 Å². The van der Waals surface area contributed by atoms with Gasteiger partial charge >= 0.3 is 11.6 Å². The molecule has 0 fully saturated rings. The van der Waals surface area contributed by atoms with E-state index in [-0.39, 0.29) is 23.7 Å². The Balaban J connectivity index is 1.91. The van der Waals surface area contributed by atoms with Crippen LogP contribution in [-0.2, 0) is 11.3 Å². The molecule has 1 heterocycles. The summed E-state index contributed by atoms with van der Waals surface area (Å²) in [6.07, 6.45) is 0. The van der Waals surface area contributed by atoms with Crippen molar-refractivity contribution >= 4 is 32.9 Å². The summed E-state index contributed by atoms with van der Waals surface area (Å²) in [5, 5.41) is 0.676. The van der Waals surface area contributed by atoms with Gasteiger partial charge in [-0.15, -0.1) is 0 Å². The summed E-state index contributed by atoms with van der Waals surface area (Å²) < 4.78 is 27.2. The van der Waals surface area contributed by atoms with Gasteiger partial charge in [0.25, 0.3) is 0 Å². The van der Waals surface area contributed by atoms with Crippen molar-refractivity contribution in [3.8, 4) is 17.2 Å². The van der Waals surface area contributed by atoms with Gasteiger partial charge in [-0.3, -0.25) is 0 Å². The number of esters is 1. The van der Waals surface area contributed by atoms with Crippen molar-refractivity contribution in [1.82, 2.24) is 0 Å². The monoisotopic (exact) mass is 448 g/mol. The summed E-state index contributed by atoms with van der Waals surface area (Å²) >= 11 is 3.33. The Hall–Kier alpha value is -3.00. The number of carbonyl (C=O) groups excluding carboxylic acids is 1. The largest absolute Gasteiger partial charge is 0.493 e. The maximum absolute atomic E-state index is 12.6. The van der Waals surface area contributed by atoms with Gasteiger partial charge in [0.15, 0.2) is 11.5 Å². The zero-order valence-corrected chi connectivity index (χ0v) is 17.0.